The third kappa shape index (κ3) is 6.02. The SMILES string of the molecule is Cc1ccc(NC(=O)c2sc(NC(=O)c3ccccc3Cl)cc2C)c(OCC(F)(F)F)c1. The third-order valence-corrected chi connectivity index (χ3v) is 5.74. The maximum atomic E-state index is 12.8. The number of anilines is 2. The zero-order valence-electron chi connectivity index (χ0n) is 17.0. The first kappa shape index (κ1) is 23.6. The van der Waals surface area contributed by atoms with E-state index in [1.54, 1.807) is 50.2 Å². The van der Waals surface area contributed by atoms with Gasteiger partial charge in [0.2, 0.25) is 0 Å². The monoisotopic (exact) mass is 482 g/mol. The second-order valence-electron chi connectivity index (χ2n) is 6.91. The van der Waals surface area contributed by atoms with Crippen LogP contribution in [0.1, 0.15) is 31.2 Å². The van der Waals surface area contributed by atoms with E-state index < -0.39 is 24.6 Å². The van der Waals surface area contributed by atoms with E-state index in [2.05, 4.69) is 10.6 Å². The Morgan fingerprint density at radius 3 is 2.44 bits per heavy atom. The molecule has 0 aliphatic rings. The number of rotatable bonds is 6. The lowest BCUT2D eigenvalue weighted by atomic mass is 10.2. The van der Waals surface area contributed by atoms with Crippen molar-refractivity contribution in [1.29, 1.82) is 0 Å². The summed E-state index contributed by atoms with van der Waals surface area (Å²) < 4.78 is 42.5. The molecule has 0 aliphatic heterocycles. The van der Waals surface area contributed by atoms with E-state index in [0.717, 1.165) is 11.3 Å². The van der Waals surface area contributed by atoms with E-state index >= 15 is 0 Å². The number of nitrogens with one attached hydrogen (secondary N) is 2. The molecule has 0 fully saturated rings. The summed E-state index contributed by atoms with van der Waals surface area (Å²) in [6.07, 6.45) is -4.51. The zero-order valence-corrected chi connectivity index (χ0v) is 18.5. The van der Waals surface area contributed by atoms with Gasteiger partial charge in [-0.15, -0.1) is 11.3 Å². The minimum atomic E-state index is -4.51. The summed E-state index contributed by atoms with van der Waals surface area (Å²) in [6.45, 7) is 1.91. The molecule has 10 heteroatoms. The Morgan fingerprint density at radius 1 is 1.03 bits per heavy atom. The Labute approximate surface area is 191 Å². The lowest BCUT2D eigenvalue weighted by Gasteiger charge is -2.14. The van der Waals surface area contributed by atoms with E-state index in [1.807, 2.05) is 0 Å². The first-order valence-electron chi connectivity index (χ1n) is 9.31. The van der Waals surface area contributed by atoms with Crippen molar-refractivity contribution in [1.82, 2.24) is 0 Å². The predicted octanol–water partition coefficient (Wildman–Crippen LogP) is 6.46. The summed E-state index contributed by atoms with van der Waals surface area (Å²) in [4.78, 5) is 25.5. The van der Waals surface area contributed by atoms with Crippen molar-refractivity contribution >= 4 is 45.4 Å². The van der Waals surface area contributed by atoms with Gasteiger partial charge in [0.15, 0.2) is 6.61 Å². The highest BCUT2D eigenvalue weighted by molar-refractivity contribution is 7.18. The summed E-state index contributed by atoms with van der Waals surface area (Å²) >= 11 is 7.07. The molecule has 0 unspecified atom stereocenters. The second kappa shape index (κ2) is 9.62. The lowest BCUT2D eigenvalue weighted by Crippen LogP contribution is -2.20. The molecule has 0 radical (unpaired) electrons. The van der Waals surface area contributed by atoms with Crippen LogP contribution in [0.5, 0.6) is 5.75 Å². The minimum absolute atomic E-state index is 0.0860. The van der Waals surface area contributed by atoms with Crippen molar-refractivity contribution in [2.24, 2.45) is 0 Å². The van der Waals surface area contributed by atoms with Crippen LogP contribution in [-0.2, 0) is 0 Å². The number of ether oxygens (including phenoxy) is 1. The Kier molecular flexibility index (Phi) is 7.10. The number of aryl methyl sites for hydroxylation is 2. The van der Waals surface area contributed by atoms with Crippen LogP contribution in [0.4, 0.5) is 23.9 Å². The molecule has 0 saturated heterocycles. The number of halogens is 4. The van der Waals surface area contributed by atoms with Crippen LogP contribution >= 0.6 is 22.9 Å². The van der Waals surface area contributed by atoms with Gasteiger partial charge in [-0.1, -0.05) is 29.8 Å². The smallest absolute Gasteiger partial charge is 0.422 e. The number of thiophene rings is 1. The van der Waals surface area contributed by atoms with Gasteiger partial charge in [-0.2, -0.15) is 13.2 Å². The topological polar surface area (TPSA) is 67.4 Å². The predicted molar refractivity (Wildman–Crippen MR) is 119 cm³/mol. The summed E-state index contributed by atoms with van der Waals surface area (Å²) in [6, 6.07) is 12.7. The number of hydrogen-bond acceptors (Lipinski definition) is 4. The van der Waals surface area contributed by atoms with Crippen LogP contribution in [0, 0.1) is 13.8 Å². The molecule has 32 heavy (non-hydrogen) atoms. The van der Waals surface area contributed by atoms with Crippen molar-refractivity contribution in [3.63, 3.8) is 0 Å². The summed E-state index contributed by atoms with van der Waals surface area (Å²) in [5.74, 6) is -1.05. The van der Waals surface area contributed by atoms with Crippen molar-refractivity contribution in [3.8, 4) is 5.75 Å². The van der Waals surface area contributed by atoms with Crippen LogP contribution in [0.3, 0.4) is 0 Å². The molecule has 0 saturated carbocycles. The van der Waals surface area contributed by atoms with Crippen molar-refractivity contribution < 1.29 is 27.5 Å². The van der Waals surface area contributed by atoms with Gasteiger partial charge in [0, 0.05) is 0 Å². The molecule has 0 bridgehead atoms. The molecule has 1 heterocycles. The number of carbonyl (C=O) groups is 2. The third-order valence-electron chi connectivity index (χ3n) is 4.26. The Balaban J connectivity index is 1.76. The van der Waals surface area contributed by atoms with Crippen LogP contribution in [0.15, 0.2) is 48.5 Å². The highest BCUT2D eigenvalue weighted by atomic mass is 35.5. The van der Waals surface area contributed by atoms with Crippen molar-refractivity contribution in [2.45, 2.75) is 20.0 Å². The van der Waals surface area contributed by atoms with Gasteiger partial charge in [-0.25, -0.2) is 0 Å². The summed E-state index contributed by atoms with van der Waals surface area (Å²) in [5, 5.41) is 6.00. The molecule has 0 spiro atoms. The summed E-state index contributed by atoms with van der Waals surface area (Å²) in [7, 11) is 0. The molecule has 2 amide bonds. The normalized spacial score (nSPS) is 11.2. The van der Waals surface area contributed by atoms with E-state index in [0.29, 0.717) is 26.0 Å². The number of benzene rings is 2. The highest BCUT2D eigenvalue weighted by Gasteiger charge is 2.29. The quantitative estimate of drug-likeness (QED) is 0.423. The molecule has 3 rings (SSSR count). The molecule has 3 aromatic rings. The van der Waals surface area contributed by atoms with Crippen LogP contribution in [0.2, 0.25) is 5.02 Å². The Bertz CT molecular complexity index is 1160. The number of amides is 2. The average Bonchev–Trinajstić information content (AvgIpc) is 3.07. The van der Waals surface area contributed by atoms with Crippen LogP contribution in [-0.4, -0.2) is 24.6 Å². The molecular formula is C22H18ClF3N2O3S. The number of alkyl halides is 3. The van der Waals surface area contributed by atoms with E-state index in [-0.39, 0.29) is 17.0 Å². The number of hydrogen-bond donors (Lipinski definition) is 2. The van der Waals surface area contributed by atoms with Gasteiger partial charge < -0.3 is 15.4 Å². The fourth-order valence-electron chi connectivity index (χ4n) is 2.78. The standard InChI is InChI=1S/C22H18ClF3N2O3S/c1-12-7-8-16(17(9-12)31-11-22(24,25)26)27-21(30)19-13(2)10-18(32-19)28-20(29)14-5-3-4-6-15(14)23/h3-10H,11H2,1-2H3,(H,27,30)(H,28,29). The molecule has 0 aliphatic carbocycles. The largest absolute Gasteiger partial charge is 0.482 e. The Morgan fingerprint density at radius 2 is 1.75 bits per heavy atom. The minimum Gasteiger partial charge on any atom is -0.482 e. The highest BCUT2D eigenvalue weighted by Crippen LogP contribution is 2.32. The maximum Gasteiger partial charge on any atom is 0.422 e. The van der Waals surface area contributed by atoms with Gasteiger partial charge in [-0.05, 0) is 55.3 Å². The van der Waals surface area contributed by atoms with Crippen LogP contribution < -0.4 is 15.4 Å². The first-order chi connectivity index (χ1) is 15.0. The molecule has 5 nitrogen and oxygen atoms in total. The van der Waals surface area contributed by atoms with E-state index in [4.69, 9.17) is 16.3 Å². The first-order valence-corrected chi connectivity index (χ1v) is 10.5. The van der Waals surface area contributed by atoms with Crippen molar-refractivity contribution in [3.05, 3.63) is 75.1 Å². The van der Waals surface area contributed by atoms with Gasteiger partial charge in [0.25, 0.3) is 11.8 Å². The molecule has 168 valence electrons. The van der Waals surface area contributed by atoms with Gasteiger partial charge in [-0.3, -0.25) is 9.59 Å². The van der Waals surface area contributed by atoms with Gasteiger partial charge in [0.1, 0.15) is 5.75 Å². The van der Waals surface area contributed by atoms with E-state index in [9.17, 15) is 22.8 Å². The Hall–Kier alpha value is -3.04. The lowest BCUT2D eigenvalue weighted by molar-refractivity contribution is -0.153. The van der Waals surface area contributed by atoms with Gasteiger partial charge >= 0.3 is 6.18 Å². The average molecular weight is 483 g/mol. The fraction of sp³-hybridized carbons (Fsp3) is 0.182. The van der Waals surface area contributed by atoms with E-state index in [1.165, 1.54) is 12.1 Å². The van der Waals surface area contributed by atoms with Crippen LogP contribution in [0.25, 0.3) is 0 Å². The zero-order chi connectivity index (χ0) is 23.5. The van der Waals surface area contributed by atoms with Crippen molar-refractivity contribution in [2.75, 3.05) is 17.2 Å². The maximum absolute atomic E-state index is 12.8. The second-order valence-corrected chi connectivity index (χ2v) is 8.37. The molecule has 1 aromatic heterocycles. The van der Waals surface area contributed by atoms with Gasteiger partial charge in [0.05, 0.1) is 26.2 Å². The molecule has 2 N–H and O–H groups in total. The molecular weight excluding hydrogens is 465 g/mol. The molecule has 2 aromatic carbocycles. The summed E-state index contributed by atoms with van der Waals surface area (Å²) in [5.41, 5.74) is 1.67. The number of carbonyl (C=O) groups excluding carboxylic acids is 2. The fourth-order valence-corrected chi connectivity index (χ4v) is 3.97. The molecule has 0 atom stereocenters.